The minimum Gasteiger partial charge on any atom is -0.354 e. The van der Waals surface area contributed by atoms with Crippen LogP contribution in [0, 0.1) is 12.8 Å². The lowest BCUT2D eigenvalue weighted by Crippen LogP contribution is -2.45. The van der Waals surface area contributed by atoms with Crippen molar-refractivity contribution >= 4 is 22.8 Å². The summed E-state index contributed by atoms with van der Waals surface area (Å²) in [6.45, 7) is 2.24. The molecule has 4 rings (SSSR count). The third-order valence-corrected chi connectivity index (χ3v) is 5.46. The van der Waals surface area contributed by atoms with Crippen LogP contribution in [0.4, 0.5) is 4.39 Å². The second-order valence-electron chi connectivity index (χ2n) is 7.37. The van der Waals surface area contributed by atoms with Crippen LogP contribution in [0.25, 0.3) is 11.0 Å². The summed E-state index contributed by atoms with van der Waals surface area (Å²) in [5, 5.41) is 2.90. The predicted molar refractivity (Wildman–Crippen MR) is 95.5 cm³/mol. The molecule has 6 nitrogen and oxygen atoms in total. The number of amides is 2. The molecule has 2 amide bonds. The fourth-order valence-electron chi connectivity index (χ4n) is 3.77. The average molecular weight is 358 g/mol. The Morgan fingerprint density at radius 3 is 2.92 bits per heavy atom. The van der Waals surface area contributed by atoms with Crippen molar-refractivity contribution in [2.24, 2.45) is 5.92 Å². The average Bonchev–Trinajstić information content (AvgIpc) is 3.11. The number of H-pyrrole nitrogens is 1. The molecule has 0 spiro atoms. The summed E-state index contributed by atoms with van der Waals surface area (Å²) >= 11 is 0. The van der Waals surface area contributed by atoms with Gasteiger partial charge in [-0.1, -0.05) is 6.42 Å². The minimum atomic E-state index is -1.05. The SMILES string of the molecule is Cc1nc2ccc(C(=O)N3C[C@@H](F)C[C@H]3CNC(=O)C3CCC3)cc2[nH]1. The second-order valence-corrected chi connectivity index (χ2v) is 7.37. The number of carbonyl (C=O) groups is 2. The highest BCUT2D eigenvalue weighted by Gasteiger charge is 2.36. The number of imidazole rings is 1. The zero-order valence-electron chi connectivity index (χ0n) is 14.8. The lowest BCUT2D eigenvalue weighted by atomic mass is 9.85. The Labute approximate surface area is 151 Å². The van der Waals surface area contributed by atoms with E-state index in [1.165, 1.54) is 0 Å². The van der Waals surface area contributed by atoms with E-state index in [4.69, 9.17) is 0 Å². The summed E-state index contributed by atoms with van der Waals surface area (Å²) in [7, 11) is 0. The van der Waals surface area contributed by atoms with Gasteiger partial charge in [0.2, 0.25) is 5.91 Å². The molecule has 0 unspecified atom stereocenters. The van der Waals surface area contributed by atoms with Crippen LogP contribution in [0.1, 0.15) is 41.9 Å². The third-order valence-electron chi connectivity index (χ3n) is 5.46. The number of likely N-dealkylation sites (tertiary alicyclic amines) is 1. The number of halogens is 1. The van der Waals surface area contributed by atoms with Gasteiger partial charge < -0.3 is 15.2 Å². The number of hydrogen-bond donors (Lipinski definition) is 2. The summed E-state index contributed by atoms with van der Waals surface area (Å²) in [5.74, 6) is 0.696. The quantitative estimate of drug-likeness (QED) is 0.881. The molecule has 0 bridgehead atoms. The molecule has 138 valence electrons. The molecule has 0 radical (unpaired) electrons. The van der Waals surface area contributed by atoms with E-state index < -0.39 is 6.17 Å². The molecule has 2 N–H and O–H groups in total. The highest BCUT2D eigenvalue weighted by molar-refractivity contribution is 5.97. The van der Waals surface area contributed by atoms with Crippen LogP contribution in [-0.4, -0.2) is 52.0 Å². The number of aryl methyl sites for hydroxylation is 1. The van der Waals surface area contributed by atoms with E-state index in [1.54, 1.807) is 23.1 Å². The van der Waals surface area contributed by atoms with Crippen molar-refractivity contribution in [3.63, 3.8) is 0 Å². The minimum absolute atomic E-state index is 0.0281. The Hall–Kier alpha value is -2.44. The molecule has 1 aromatic carbocycles. The molecule has 1 aliphatic heterocycles. The van der Waals surface area contributed by atoms with Gasteiger partial charge in [-0.15, -0.1) is 0 Å². The molecule has 26 heavy (non-hydrogen) atoms. The van der Waals surface area contributed by atoms with Gasteiger partial charge in [-0.2, -0.15) is 0 Å². The molecular weight excluding hydrogens is 335 g/mol. The van der Waals surface area contributed by atoms with E-state index in [0.717, 1.165) is 36.1 Å². The summed E-state index contributed by atoms with van der Waals surface area (Å²) in [6, 6.07) is 4.97. The Bertz CT molecular complexity index is 845. The number of nitrogens with one attached hydrogen (secondary N) is 2. The Kier molecular flexibility index (Phi) is 4.38. The van der Waals surface area contributed by atoms with Crippen molar-refractivity contribution in [3.05, 3.63) is 29.6 Å². The van der Waals surface area contributed by atoms with Crippen molar-refractivity contribution in [3.8, 4) is 0 Å². The number of aromatic amines is 1. The van der Waals surface area contributed by atoms with Crippen molar-refractivity contribution in [1.29, 1.82) is 0 Å². The fourth-order valence-corrected chi connectivity index (χ4v) is 3.77. The van der Waals surface area contributed by atoms with E-state index >= 15 is 0 Å². The molecule has 1 aromatic heterocycles. The van der Waals surface area contributed by atoms with Crippen LogP contribution in [0.2, 0.25) is 0 Å². The zero-order chi connectivity index (χ0) is 18.3. The van der Waals surface area contributed by atoms with Gasteiger partial charge in [0.15, 0.2) is 0 Å². The summed E-state index contributed by atoms with van der Waals surface area (Å²) in [6.07, 6.45) is 2.15. The Morgan fingerprint density at radius 2 is 2.19 bits per heavy atom. The van der Waals surface area contributed by atoms with Gasteiger partial charge in [0.05, 0.1) is 23.6 Å². The van der Waals surface area contributed by atoms with Gasteiger partial charge >= 0.3 is 0 Å². The van der Waals surface area contributed by atoms with Gasteiger partial charge in [-0.05, 0) is 38.0 Å². The molecule has 1 saturated heterocycles. The Balaban J connectivity index is 1.47. The molecule has 2 atom stereocenters. The molecule has 2 aromatic rings. The molecule has 1 saturated carbocycles. The van der Waals surface area contributed by atoms with Crippen LogP contribution >= 0.6 is 0 Å². The van der Waals surface area contributed by atoms with E-state index in [2.05, 4.69) is 15.3 Å². The van der Waals surface area contributed by atoms with Gasteiger partial charge in [0.25, 0.3) is 5.91 Å². The maximum Gasteiger partial charge on any atom is 0.254 e. The highest BCUT2D eigenvalue weighted by Crippen LogP contribution is 2.27. The first-order chi connectivity index (χ1) is 12.5. The van der Waals surface area contributed by atoms with E-state index in [-0.39, 0.29) is 36.7 Å². The van der Waals surface area contributed by atoms with E-state index in [1.807, 2.05) is 6.92 Å². The first kappa shape index (κ1) is 17.0. The monoisotopic (exact) mass is 358 g/mol. The van der Waals surface area contributed by atoms with Crippen LogP contribution in [0.15, 0.2) is 18.2 Å². The second kappa shape index (κ2) is 6.70. The van der Waals surface area contributed by atoms with E-state index in [9.17, 15) is 14.0 Å². The summed E-state index contributed by atoms with van der Waals surface area (Å²) in [5.41, 5.74) is 2.10. The number of alkyl halides is 1. The first-order valence-corrected chi connectivity index (χ1v) is 9.20. The lowest BCUT2D eigenvalue weighted by Gasteiger charge is -2.28. The standard InChI is InChI=1S/C19H23FN4O2/c1-11-22-16-6-5-13(7-17(16)23-11)19(26)24-10-14(20)8-15(24)9-21-18(25)12-3-2-4-12/h5-7,12,14-15H,2-4,8-10H2,1H3,(H,21,25)(H,22,23)/t14-,15-/m0/s1. The number of rotatable bonds is 4. The normalized spacial score (nSPS) is 23.2. The van der Waals surface area contributed by atoms with Crippen molar-refractivity contribution in [2.75, 3.05) is 13.1 Å². The topological polar surface area (TPSA) is 78.1 Å². The molecular formula is C19H23FN4O2. The van der Waals surface area contributed by atoms with Crippen molar-refractivity contribution in [1.82, 2.24) is 20.2 Å². The van der Waals surface area contributed by atoms with Crippen LogP contribution in [0.3, 0.4) is 0 Å². The lowest BCUT2D eigenvalue weighted by molar-refractivity contribution is -0.127. The van der Waals surface area contributed by atoms with Gasteiger partial charge in [0, 0.05) is 24.4 Å². The van der Waals surface area contributed by atoms with Crippen molar-refractivity contribution in [2.45, 2.75) is 44.8 Å². The number of fused-ring (bicyclic) bond motifs is 1. The first-order valence-electron chi connectivity index (χ1n) is 9.20. The van der Waals surface area contributed by atoms with Crippen LogP contribution in [0.5, 0.6) is 0 Å². The number of benzene rings is 1. The summed E-state index contributed by atoms with van der Waals surface area (Å²) < 4.78 is 14.0. The Morgan fingerprint density at radius 1 is 1.38 bits per heavy atom. The largest absolute Gasteiger partial charge is 0.354 e. The number of aromatic nitrogens is 2. The number of carbonyl (C=O) groups excluding carboxylic acids is 2. The number of hydrogen-bond acceptors (Lipinski definition) is 3. The smallest absolute Gasteiger partial charge is 0.254 e. The molecule has 2 heterocycles. The highest BCUT2D eigenvalue weighted by atomic mass is 19.1. The maximum absolute atomic E-state index is 14.0. The van der Waals surface area contributed by atoms with Gasteiger partial charge in [-0.3, -0.25) is 9.59 Å². The fraction of sp³-hybridized carbons (Fsp3) is 0.526. The van der Waals surface area contributed by atoms with Crippen LogP contribution in [-0.2, 0) is 4.79 Å². The predicted octanol–water partition coefficient (Wildman–Crippen LogP) is 2.34. The van der Waals surface area contributed by atoms with E-state index in [0.29, 0.717) is 12.1 Å². The number of nitrogens with zero attached hydrogens (tertiary/aromatic N) is 2. The molecule has 2 aliphatic rings. The summed E-state index contributed by atoms with van der Waals surface area (Å²) in [4.78, 5) is 33.9. The molecule has 2 fully saturated rings. The van der Waals surface area contributed by atoms with Gasteiger partial charge in [-0.25, -0.2) is 9.37 Å². The third kappa shape index (κ3) is 3.18. The maximum atomic E-state index is 14.0. The molecule has 7 heteroatoms. The zero-order valence-corrected chi connectivity index (χ0v) is 14.8. The molecule has 1 aliphatic carbocycles. The van der Waals surface area contributed by atoms with Crippen molar-refractivity contribution < 1.29 is 14.0 Å². The van der Waals surface area contributed by atoms with Crippen LogP contribution < -0.4 is 5.32 Å². The van der Waals surface area contributed by atoms with Gasteiger partial charge in [0.1, 0.15) is 12.0 Å².